The van der Waals surface area contributed by atoms with Gasteiger partial charge < -0.3 is 4.90 Å². The fourth-order valence-corrected chi connectivity index (χ4v) is 3.93. The van der Waals surface area contributed by atoms with Gasteiger partial charge in [-0.25, -0.2) is 4.98 Å². The Hall–Kier alpha value is -2.24. The molecule has 0 aliphatic heterocycles. The van der Waals surface area contributed by atoms with E-state index in [-0.39, 0.29) is 5.91 Å². The second kappa shape index (κ2) is 7.56. The molecule has 1 amide bonds. The molecule has 1 N–H and O–H groups in total. The normalized spacial score (nSPS) is 11.3. The van der Waals surface area contributed by atoms with Gasteiger partial charge in [-0.2, -0.15) is 0 Å². The molecule has 0 saturated carbocycles. The molecule has 1 aromatic heterocycles. The Morgan fingerprint density at radius 1 is 1.08 bits per heavy atom. The maximum atomic E-state index is 13.3. The van der Waals surface area contributed by atoms with Gasteiger partial charge in [-0.1, -0.05) is 29.5 Å². The summed E-state index contributed by atoms with van der Waals surface area (Å²) in [5.41, 5.74) is 5.18. The summed E-state index contributed by atoms with van der Waals surface area (Å²) in [7, 11) is 4.20. The van der Waals surface area contributed by atoms with Crippen molar-refractivity contribution in [1.29, 1.82) is 0 Å². The molecule has 0 aliphatic rings. The number of likely N-dealkylation sites (N-methyl/N-ethyl adjacent to an activating group) is 1. The van der Waals surface area contributed by atoms with Crippen LogP contribution in [0.5, 0.6) is 0 Å². The van der Waals surface area contributed by atoms with Crippen LogP contribution in [0, 0.1) is 20.8 Å². The SMILES string of the molecule is Cc1cc2nc(N(CC[NH+](C)C)C(=O)c3ccccc3C)sc2cc1C. The quantitative estimate of drug-likeness (QED) is 0.752. The number of rotatable bonds is 5. The molecule has 0 spiro atoms. The lowest BCUT2D eigenvalue weighted by molar-refractivity contribution is -0.856. The molecule has 4 nitrogen and oxygen atoms in total. The molecular weight excluding hydrogens is 342 g/mol. The van der Waals surface area contributed by atoms with Crippen molar-refractivity contribution in [1.82, 2.24) is 4.98 Å². The Labute approximate surface area is 159 Å². The predicted molar refractivity (Wildman–Crippen MR) is 110 cm³/mol. The highest BCUT2D eigenvalue weighted by Gasteiger charge is 2.23. The number of nitrogens with one attached hydrogen (secondary N) is 1. The van der Waals surface area contributed by atoms with Crippen LogP contribution in [0.2, 0.25) is 0 Å². The molecular formula is C21H26N3OS+. The van der Waals surface area contributed by atoms with Crippen LogP contribution in [-0.4, -0.2) is 38.1 Å². The Bertz CT molecular complexity index is 907. The highest BCUT2D eigenvalue weighted by Crippen LogP contribution is 2.31. The number of quaternary nitrogens is 1. The molecule has 3 aromatic rings. The third-order valence-electron chi connectivity index (χ3n) is 4.68. The van der Waals surface area contributed by atoms with Gasteiger partial charge in [0.25, 0.3) is 5.91 Å². The summed E-state index contributed by atoms with van der Waals surface area (Å²) in [4.78, 5) is 21.2. The lowest BCUT2D eigenvalue weighted by Gasteiger charge is -2.21. The first-order valence-electron chi connectivity index (χ1n) is 8.91. The minimum absolute atomic E-state index is 0.0249. The van der Waals surface area contributed by atoms with Gasteiger partial charge in [-0.05, 0) is 55.7 Å². The summed E-state index contributed by atoms with van der Waals surface area (Å²) >= 11 is 1.59. The fourth-order valence-electron chi connectivity index (χ4n) is 2.86. The zero-order valence-corrected chi connectivity index (χ0v) is 16.9. The third-order valence-corrected chi connectivity index (χ3v) is 5.72. The number of hydrogen-bond acceptors (Lipinski definition) is 3. The van der Waals surface area contributed by atoms with E-state index in [1.54, 1.807) is 11.3 Å². The Morgan fingerprint density at radius 2 is 1.77 bits per heavy atom. The first-order valence-corrected chi connectivity index (χ1v) is 9.73. The van der Waals surface area contributed by atoms with Gasteiger partial charge in [0, 0.05) is 5.56 Å². The standard InChI is InChI=1S/C21H25N3OS/c1-14-8-6-7-9-17(14)20(25)24(11-10-23(4)5)21-22-18-12-15(2)16(3)13-19(18)26-21/h6-9,12-13H,10-11H2,1-5H3/p+1. The second-order valence-electron chi connectivity index (χ2n) is 7.13. The Balaban J connectivity index is 2.03. The van der Waals surface area contributed by atoms with E-state index in [2.05, 4.69) is 40.1 Å². The predicted octanol–water partition coefficient (Wildman–Crippen LogP) is 3.01. The summed E-state index contributed by atoms with van der Waals surface area (Å²) in [5, 5.41) is 0.777. The summed E-state index contributed by atoms with van der Waals surface area (Å²) in [5.74, 6) is 0.0249. The van der Waals surface area contributed by atoms with Gasteiger partial charge in [-0.3, -0.25) is 9.69 Å². The van der Waals surface area contributed by atoms with E-state index in [0.29, 0.717) is 6.54 Å². The number of benzene rings is 2. The zero-order chi connectivity index (χ0) is 18.8. The summed E-state index contributed by atoms with van der Waals surface area (Å²) in [6, 6.07) is 12.0. The molecule has 136 valence electrons. The van der Waals surface area contributed by atoms with Gasteiger partial charge in [-0.15, -0.1) is 0 Å². The average Bonchev–Trinajstić information content (AvgIpc) is 2.97. The number of carbonyl (C=O) groups is 1. The van der Waals surface area contributed by atoms with Crippen LogP contribution in [0.25, 0.3) is 10.2 Å². The van der Waals surface area contributed by atoms with Crippen LogP contribution in [0.4, 0.5) is 5.13 Å². The van der Waals surface area contributed by atoms with Gasteiger partial charge in [0.2, 0.25) is 0 Å². The van der Waals surface area contributed by atoms with Crippen molar-refractivity contribution in [2.45, 2.75) is 20.8 Å². The highest BCUT2D eigenvalue weighted by molar-refractivity contribution is 7.22. The summed E-state index contributed by atoms with van der Waals surface area (Å²) in [6.07, 6.45) is 0. The molecule has 0 atom stereocenters. The summed E-state index contributed by atoms with van der Waals surface area (Å²) < 4.78 is 1.13. The number of nitrogens with zero attached hydrogens (tertiary/aromatic N) is 2. The molecule has 2 aromatic carbocycles. The van der Waals surface area contributed by atoms with Gasteiger partial charge in [0.05, 0.1) is 37.4 Å². The van der Waals surface area contributed by atoms with E-state index < -0.39 is 0 Å². The molecule has 0 aliphatic carbocycles. The van der Waals surface area contributed by atoms with Crippen molar-refractivity contribution in [2.75, 3.05) is 32.1 Å². The van der Waals surface area contributed by atoms with Gasteiger partial charge in [0.15, 0.2) is 5.13 Å². The average molecular weight is 369 g/mol. The van der Waals surface area contributed by atoms with Gasteiger partial charge in [0.1, 0.15) is 0 Å². The molecule has 0 bridgehead atoms. The minimum Gasteiger partial charge on any atom is -0.338 e. The number of anilines is 1. The molecule has 1 heterocycles. The van der Waals surface area contributed by atoms with Crippen LogP contribution in [0.3, 0.4) is 0 Å². The van der Waals surface area contributed by atoms with E-state index in [1.165, 1.54) is 16.0 Å². The first-order chi connectivity index (χ1) is 12.4. The second-order valence-corrected chi connectivity index (χ2v) is 8.14. The number of hydrogen-bond donors (Lipinski definition) is 1. The number of thiazole rings is 1. The van der Waals surface area contributed by atoms with Crippen molar-refractivity contribution in [2.24, 2.45) is 0 Å². The van der Waals surface area contributed by atoms with Crippen molar-refractivity contribution >= 4 is 32.6 Å². The van der Waals surface area contributed by atoms with E-state index in [9.17, 15) is 4.79 Å². The van der Waals surface area contributed by atoms with Crippen LogP contribution >= 0.6 is 11.3 Å². The minimum atomic E-state index is 0.0249. The number of aryl methyl sites for hydroxylation is 3. The molecule has 0 unspecified atom stereocenters. The van der Waals surface area contributed by atoms with E-state index in [4.69, 9.17) is 4.98 Å². The van der Waals surface area contributed by atoms with Crippen LogP contribution in [-0.2, 0) is 0 Å². The largest absolute Gasteiger partial charge is 0.338 e. The third kappa shape index (κ3) is 3.79. The summed E-state index contributed by atoms with van der Waals surface area (Å²) in [6.45, 7) is 7.70. The zero-order valence-electron chi connectivity index (χ0n) is 16.1. The molecule has 26 heavy (non-hydrogen) atoms. The smallest absolute Gasteiger partial charge is 0.260 e. The van der Waals surface area contributed by atoms with Crippen LogP contribution < -0.4 is 9.80 Å². The van der Waals surface area contributed by atoms with E-state index in [0.717, 1.165) is 33.0 Å². The molecule has 0 saturated heterocycles. The van der Waals surface area contributed by atoms with Crippen molar-refractivity contribution in [3.8, 4) is 0 Å². The van der Waals surface area contributed by atoms with E-state index >= 15 is 0 Å². The maximum Gasteiger partial charge on any atom is 0.260 e. The lowest BCUT2D eigenvalue weighted by Crippen LogP contribution is -3.06. The Kier molecular flexibility index (Phi) is 5.39. The van der Waals surface area contributed by atoms with Crippen LogP contribution in [0.15, 0.2) is 36.4 Å². The number of amides is 1. The van der Waals surface area contributed by atoms with Crippen molar-refractivity contribution in [3.63, 3.8) is 0 Å². The maximum absolute atomic E-state index is 13.3. The number of fused-ring (bicyclic) bond motifs is 1. The van der Waals surface area contributed by atoms with E-state index in [1.807, 2.05) is 36.1 Å². The topological polar surface area (TPSA) is 37.6 Å². The number of carbonyl (C=O) groups excluding carboxylic acids is 1. The number of aromatic nitrogens is 1. The molecule has 0 radical (unpaired) electrons. The van der Waals surface area contributed by atoms with Gasteiger partial charge >= 0.3 is 0 Å². The highest BCUT2D eigenvalue weighted by atomic mass is 32.1. The lowest BCUT2D eigenvalue weighted by atomic mass is 10.1. The fraction of sp³-hybridized carbons (Fsp3) is 0.333. The molecule has 5 heteroatoms. The van der Waals surface area contributed by atoms with Crippen molar-refractivity contribution in [3.05, 3.63) is 58.7 Å². The monoisotopic (exact) mass is 368 g/mol. The van der Waals surface area contributed by atoms with Crippen LogP contribution in [0.1, 0.15) is 27.0 Å². The van der Waals surface area contributed by atoms with Crippen molar-refractivity contribution < 1.29 is 9.69 Å². The molecule has 3 rings (SSSR count). The first kappa shape index (κ1) is 18.5. The Morgan fingerprint density at radius 3 is 2.46 bits per heavy atom. The molecule has 0 fully saturated rings.